The highest BCUT2D eigenvalue weighted by Gasteiger charge is 2.62. The second-order valence-corrected chi connectivity index (χ2v) is 12.0. The maximum absolute atomic E-state index is 10.2. The van der Waals surface area contributed by atoms with E-state index in [0.29, 0.717) is 16.7 Å². The van der Waals surface area contributed by atoms with E-state index in [0.717, 1.165) is 24.2 Å². The number of fused-ring (bicyclic) bond motifs is 5. The van der Waals surface area contributed by atoms with Crippen LogP contribution in [0.4, 0.5) is 0 Å². The molecule has 1 heteroatoms. The van der Waals surface area contributed by atoms with Crippen LogP contribution in [-0.2, 0) is 0 Å². The average molecular weight is 397 g/mol. The van der Waals surface area contributed by atoms with Gasteiger partial charge in [0.1, 0.15) is 0 Å². The number of aliphatic hydroxyl groups is 1. The van der Waals surface area contributed by atoms with Gasteiger partial charge in [0.05, 0.1) is 6.10 Å². The van der Waals surface area contributed by atoms with Crippen molar-refractivity contribution in [1.29, 1.82) is 0 Å². The number of rotatable bonds is 5. The fraction of sp³-hybridized carbons (Fsp3) is 0.786. The van der Waals surface area contributed by atoms with Crippen LogP contribution in [0, 0.1) is 39.9 Å². The number of hydrogen-bond acceptors (Lipinski definition) is 1. The van der Waals surface area contributed by atoms with Crippen molar-refractivity contribution in [2.45, 2.75) is 99.0 Å². The molecule has 29 heavy (non-hydrogen) atoms. The van der Waals surface area contributed by atoms with Crippen LogP contribution in [0.15, 0.2) is 35.5 Å². The normalized spacial score (nSPS) is 44.6. The smallest absolute Gasteiger partial charge is 0.0758 e. The van der Waals surface area contributed by atoms with Crippen LogP contribution in [0.2, 0.25) is 0 Å². The van der Waals surface area contributed by atoms with Gasteiger partial charge >= 0.3 is 0 Å². The Morgan fingerprint density at radius 3 is 2.52 bits per heavy atom. The quantitative estimate of drug-likeness (QED) is 0.478. The topological polar surface area (TPSA) is 20.2 Å². The summed E-state index contributed by atoms with van der Waals surface area (Å²) in [6.07, 6.45) is 19.4. The van der Waals surface area contributed by atoms with Crippen LogP contribution in [0.5, 0.6) is 0 Å². The standard InChI is InChI=1S/C28H44O/c1-19(2)8-7-9-20(3)23-13-16-28(6)25-11-10-21-18-22(29)12-15-26(21,4)24(25)14-17-27(23,28)5/h10-12,15,19-20,22-24,29H,7-9,13-14,16-18H2,1-6H3/t20-,22+,23-,24?,26+,27-,28+/m1/s1. The van der Waals surface area contributed by atoms with Gasteiger partial charge in [0.25, 0.3) is 0 Å². The fourth-order valence-electron chi connectivity index (χ4n) is 7.97. The van der Waals surface area contributed by atoms with Gasteiger partial charge in [0.2, 0.25) is 0 Å². The van der Waals surface area contributed by atoms with Crippen molar-refractivity contribution in [2.75, 3.05) is 0 Å². The minimum absolute atomic E-state index is 0.120. The molecule has 1 unspecified atom stereocenters. The summed E-state index contributed by atoms with van der Waals surface area (Å²) in [5.74, 6) is 3.16. The molecular weight excluding hydrogens is 352 g/mol. The molecule has 1 N–H and O–H groups in total. The molecule has 0 aromatic carbocycles. The van der Waals surface area contributed by atoms with Crippen LogP contribution < -0.4 is 0 Å². The Morgan fingerprint density at radius 2 is 1.79 bits per heavy atom. The van der Waals surface area contributed by atoms with Crippen molar-refractivity contribution in [3.8, 4) is 0 Å². The lowest BCUT2D eigenvalue weighted by Crippen LogP contribution is -2.50. The first kappa shape index (κ1) is 21.4. The molecule has 0 heterocycles. The number of allylic oxidation sites excluding steroid dienone is 4. The van der Waals surface area contributed by atoms with Crippen molar-refractivity contribution in [3.63, 3.8) is 0 Å². The summed E-state index contributed by atoms with van der Waals surface area (Å²) in [6, 6.07) is 0. The summed E-state index contributed by atoms with van der Waals surface area (Å²) in [5, 5.41) is 10.2. The molecule has 4 aliphatic rings. The average Bonchev–Trinajstić information content (AvgIpc) is 2.93. The predicted octanol–water partition coefficient (Wildman–Crippen LogP) is 7.47. The van der Waals surface area contributed by atoms with E-state index in [1.54, 1.807) is 5.57 Å². The van der Waals surface area contributed by atoms with E-state index in [1.807, 2.05) is 0 Å². The molecule has 0 aromatic rings. The Balaban J connectivity index is 1.60. The molecule has 2 fully saturated rings. The van der Waals surface area contributed by atoms with Crippen molar-refractivity contribution in [1.82, 2.24) is 0 Å². The maximum atomic E-state index is 10.2. The van der Waals surface area contributed by atoms with E-state index < -0.39 is 0 Å². The Kier molecular flexibility index (Phi) is 5.46. The third kappa shape index (κ3) is 3.22. The molecule has 0 amide bonds. The molecule has 1 nitrogen and oxygen atoms in total. The highest BCUT2D eigenvalue weighted by atomic mass is 16.3. The van der Waals surface area contributed by atoms with Gasteiger partial charge in [-0.1, -0.05) is 96.3 Å². The Morgan fingerprint density at radius 1 is 1.03 bits per heavy atom. The van der Waals surface area contributed by atoms with Gasteiger partial charge in [0.15, 0.2) is 0 Å². The van der Waals surface area contributed by atoms with E-state index in [9.17, 15) is 5.11 Å². The number of aliphatic hydroxyl groups excluding tert-OH is 1. The van der Waals surface area contributed by atoms with Gasteiger partial charge in [-0.05, 0) is 66.6 Å². The summed E-state index contributed by atoms with van der Waals surface area (Å²) in [7, 11) is 0. The van der Waals surface area contributed by atoms with Crippen LogP contribution in [0.1, 0.15) is 92.9 Å². The molecular formula is C28H44O. The molecule has 0 bridgehead atoms. The lowest BCUT2D eigenvalue weighted by molar-refractivity contribution is 0.00401. The Hall–Kier alpha value is -0.820. The molecule has 7 atom stereocenters. The first-order chi connectivity index (χ1) is 13.6. The van der Waals surface area contributed by atoms with Gasteiger partial charge in [0, 0.05) is 5.41 Å². The molecule has 0 radical (unpaired) electrons. The zero-order valence-electron chi connectivity index (χ0n) is 19.8. The lowest BCUT2D eigenvalue weighted by atomic mass is 9.46. The van der Waals surface area contributed by atoms with E-state index in [2.05, 4.69) is 65.8 Å². The molecule has 0 aromatic heterocycles. The third-order valence-electron chi connectivity index (χ3n) is 10.1. The first-order valence-corrected chi connectivity index (χ1v) is 12.4. The zero-order chi connectivity index (χ0) is 21.0. The van der Waals surface area contributed by atoms with Crippen LogP contribution >= 0.6 is 0 Å². The summed E-state index contributed by atoms with van der Waals surface area (Å²) >= 11 is 0. The number of hydrogen-bond donors (Lipinski definition) is 1. The molecule has 2 saturated carbocycles. The highest BCUT2D eigenvalue weighted by molar-refractivity contribution is 5.44. The minimum atomic E-state index is -0.295. The van der Waals surface area contributed by atoms with Crippen LogP contribution in [0.3, 0.4) is 0 Å². The Bertz CT molecular complexity index is 727. The van der Waals surface area contributed by atoms with Gasteiger partial charge in [-0.15, -0.1) is 0 Å². The first-order valence-electron chi connectivity index (χ1n) is 12.4. The highest BCUT2D eigenvalue weighted by Crippen LogP contribution is 2.71. The second-order valence-electron chi connectivity index (χ2n) is 12.0. The SMILES string of the molecule is CC(C)CCC[C@@H](C)[C@H]1CC[C@@]2(C)C3=CC=C4C[C@@H](O)C=C[C@]4(C)C3CC[C@]12C. The summed E-state index contributed by atoms with van der Waals surface area (Å²) in [4.78, 5) is 0. The summed E-state index contributed by atoms with van der Waals surface area (Å²) in [6.45, 7) is 14.9. The molecule has 0 spiro atoms. The zero-order valence-corrected chi connectivity index (χ0v) is 19.8. The largest absolute Gasteiger partial charge is 0.389 e. The van der Waals surface area contributed by atoms with E-state index in [1.165, 1.54) is 50.5 Å². The maximum Gasteiger partial charge on any atom is 0.0758 e. The van der Waals surface area contributed by atoms with E-state index in [-0.39, 0.29) is 11.5 Å². The predicted molar refractivity (Wildman–Crippen MR) is 124 cm³/mol. The van der Waals surface area contributed by atoms with Crippen LogP contribution in [-0.4, -0.2) is 11.2 Å². The van der Waals surface area contributed by atoms with Gasteiger partial charge < -0.3 is 5.11 Å². The minimum Gasteiger partial charge on any atom is -0.389 e. The summed E-state index contributed by atoms with van der Waals surface area (Å²) in [5.41, 5.74) is 4.07. The molecule has 0 aliphatic heterocycles. The molecule has 4 rings (SSSR count). The van der Waals surface area contributed by atoms with Gasteiger partial charge in [-0.2, -0.15) is 0 Å². The van der Waals surface area contributed by atoms with Gasteiger partial charge in [-0.3, -0.25) is 0 Å². The fourth-order valence-corrected chi connectivity index (χ4v) is 7.97. The molecule has 162 valence electrons. The van der Waals surface area contributed by atoms with Crippen molar-refractivity contribution >= 4 is 0 Å². The second kappa shape index (κ2) is 7.40. The molecule has 4 aliphatic carbocycles. The summed E-state index contributed by atoms with van der Waals surface area (Å²) < 4.78 is 0. The van der Waals surface area contributed by atoms with Crippen molar-refractivity contribution < 1.29 is 5.11 Å². The molecule has 0 saturated heterocycles. The lowest BCUT2D eigenvalue weighted by Gasteiger charge is -2.58. The Labute approximate surface area is 179 Å². The van der Waals surface area contributed by atoms with E-state index in [4.69, 9.17) is 0 Å². The monoisotopic (exact) mass is 396 g/mol. The van der Waals surface area contributed by atoms with Crippen molar-refractivity contribution in [3.05, 3.63) is 35.5 Å². The van der Waals surface area contributed by atoms with E-state index >= 15 is 0 Å². The third-order valence-corrected chi connectivity index (χ3v) is 10.1. The van der Waals surface area contributed by atoms with Crippen molar-refractivity contribution in [2.24, 2.45) is 39.9 Å². The van der Waals surface area contributed by atoms with Crippen LogP contribution in [0.25, 0.3) is 0 Å². The van der Waals surface area contributed by atoms with Gasteiger partial charge in [-0.25, -0.2) is 0 Å².